The number of halogens is 2. The molecule has 0 fully saturated rings. The summed E-state index contributed by atoms with van der Waals surface area (Å²) in [5.74, 6) is -0.591. The Morgan fingerprint density at radius 1 is 1.90 bits per heavy atom. The molecule has 0 radical (unpaired) electrons. The highest BCUT2D eigenvalue weighted by molar-refractivity contribution is 6.30. The standard InChI is InChI=1S/C5H7ClFN3/c1-10-2-9-4(6)3(7)5(10)8/h2,5H,8H2,1H3. The van der Waals surface area contributed by atoms with Crippen LogP contribution in [0.15, 0.2) is 16.0 Å². The molecular weight excluding hydrogens is 157 g/mol. The van der Waals surface area contributed by atoms with Gasteiger partial charge in [0.15, 0.2) is 11.0 Å². The monoisotopic (exact) mass is 163 g/mol. The number of hydrogen-bond donors (Lipinski definition) is 1. The van der Waals surface area contributed by atoms with E-state index in [1.165, 1.54) is 11.2 Å². The SMILES string of the molecule is CN1C=NC(Cl)=C(F)C1N. The lowest BCUT2D eigenvalue weighted by Gasteiger charge is -2.23. The molecule has 0 bridgehead atoms. The number of aliphatic imine (C=N–C) groups is 1. The average Bonchev–Trinajstić information content (AvgIpc) is 1.93. The predicted octanol–water partition coefficient (Wildman–Crippen LogP) is 0.622. The van der Waals surface area contributed by atoms with Gasteiger partial charge in [-0.15, -0.1) is 0 Å². The smallest absolute Gasteiger partial charge is 0.174 e. The highest BCUT2D eigenvalue weighted by Gasteiger charge is 2.19. The van der Waals surface area contributed by atoms with Crippen LogP contribution in [0.5, 0.6) is 0 Å². The minimum absolute atomic E-state index is 0.161. The second kappa shape index (κ2) is 2.56. The molecule has 0 amide bonds. The van der Waals surface area contributed by atoms with E-state index in [-0.39, 0.29) is 5.16 Å². The van der Waals surface area contributed by atoms with Crippen LogP contribution in [0.2, 0.25) is 0 Å². The fraction of sp³-hybridized carbons (Fsp3) is 0.400. The van der Waals surface area contributed by atoms with Gasteiger partial charge in [0.25, 0.3) is 0 Å². The molecule has 2 N–H and O–H groups in total. The Kier molecular flexibility index (Phi) is 1.92. The average molecular weight is 164 g/mol. The van der Waals surface area contributed by atoms with Crippen molar-refractivity contribution >= 4 is 17.9 Å². The number of likely N-dealkylation sites (N-methyl/N-ethyl adjacent to an activating group) is 1. The normalized spacial score (nSPS) is 26.0. The summed E-state index contributed by atoms with van der Waals surface area (Å²) in [6, 6.07) is 0. The Labute approximate surface area is 63.0 Å². The van der Waals surface area contributed by atoms with Crippen molar-refractivity contribution in [3.05, 3.63) is 11.0 Å². The summed E-state index contributed by atoms with van der Waals surface area (Å²) in [7, 11) is 1.62. The van der Waals surface area contributed by atoms with Crippen LogP contribution in [0.3, 0.4) is 0 Å². The van der Waals surface area contributed by atoms with E-state index in [1.807, 2.05) is 0 Å². The Morgan fingerprint density at radius 3 is 3.00 bits per heavy atom. The fourth-order valence-electron chi connectivity index (χ4n) is 0.576. The van der Waals surface area contributed by atoms with Crippen molar-refractivity contribution in [2.24, 2.45) is 10.7 Å². The van der Waals surface area contributed by atoms with Crippen molar-refractivity contribution in [1.82, 2.24) is 4.90 Å². The van der Waals surface area contributed by atoms with Crippen molar-refractivity contribution in [3.63, 3.8) is 0 Å². The maximum Gasteiger partial charge on any atom is 0.174 e. The van der Waals surface area contributed by atoms with E-state index in [9.17, 15) is 4.39 Å². The van der Waals surface area contributed by atoms with Crippen LogP contribution in [0.4, 0.5) is 4.39 Å². The van der Waals surface area contributed by atoms with E-state index in [0.717, 1.165) is 0 Å². The van der Waals surface area contributed by atoms with Crippen LogP contribution in [0.25, 0.3) is 0 Å². The lowest BCUT2D eigenvalue weighted by atomic mass is 10.4. The van der Waals surface area contributed by atoms with Crippen molar-refractivity contribution in [3.8, 4) is 0 Å². The first-order valence-corrected chi connectivity index (χ1v) is 3.07. The van der Waals surface area contributed by atoms with Gasteiger partial charge >= 0.3 is 0 Å². The van der Waals surface area contributed by atoms with Crippen molar-refractivity contribution in [1.29, 1.82) is 0 Å². The summed E-state index contributed by atoms with van der Waals surface area (Å²) in [6.45, 7) is 0. The van der Waals surface area contributed by atoms with Gasteiger partial charge in [-0.05, 0) is 0 Å². The van der Waals surface area contributed by atoms with E-state index in [2.05, 4.69) is 4.99 Å². The quantitative estimate of drug-likeness (QED) is 0.532. The Hall–Kier alpha value is -0.610. The predicted molar refractivity (Wildman–Crippen MR) is 38.2 cm³/mol. The molecule has 0 aromatic rings. The molecule has 0 aliphatic carbocycles. The molecule has 1 heterocycles. The summed E-state index contributed by atoms with van der Waals surface area (Å²) in [5.41, 5.74) is 5.33. The Morgan fingerprint density at radius 2 is 2.50 bits per heavy atom. The molecule has 56 valence electrons. The lowest BCUT2D eigenvalue weighted by molar-refractivity contribution is 0.358. The molecule has 1 aliphatic heterocycles. The molecule has 3 nitrogen and oxygen atoms in total. The minimum Gasteiger partial charge on any atom is -0.344 e. The summed E-state index contributed by atoms with van der Waals surface area (Å²) >= 11 is 5.33. The maximum atomic E-state index is 12.7. The second-order valence-electron chi connectivity index (χ2n) is 1.99. The first-order chi connectivity index (χ1) is 4.63. The molecule has 0 saturated carbocycles. The van der Waals surface area contributed by atoms with Crippen LogP contribution < -0.4 is 5.73 Å². The van der Waals surface area contributed by atoms with E-state index in [0.29, 0.717) is 0 Å². The molecule has 0 saturated heterocycles. The molecule has 10 heavy (non-hydrogen) atoms. The molecule has 0 aromatic carbocycles. The molecule has 0 aromatic heterocycles. The van der Waals surface area contributed by atoms with Crippen LogP contribution >= 0.6 is 11.6 Å². The lowest BCUT2D eigenvalue weighted by Crippen LogP contribution is -2.40. The summed E-state index contributed by atoms with van der Waals surface area (Å²) < 4.78 is 12.7. The zero-order chi connectivity index (χ0) is 7.72. The summed E-state index contributed by atoms with van der Waals surface area (Å²) in [6.07, 6.45) is 0.598. The molecule has 0 spiro atoms. The van der Waals surface area contributed by atoms with Gasteiger partial charge in [-0.3, -0.25) is 0 Å². The van der Waals surface area contributed by atoms with Crippen molar-refractivity contribution < 1.29 is 4.39 Å². The van der Waals surface area contributed by atoms with Crippen LogP contribution in [0, 0.1) is 0 Å². The third-order valence-corrected chi connectivity index (χ3v) is 1.53. The topological polar surface area (TPSA) is 41.6 Å². The van der Waals surface area contributed by atoms with Gasteiger partial charge in [0.2, 0.25) is 0 Å². The van der Waals surface area contributed by atoms with Gasteiger partial charge in [0.1, 0.15) is 6.17 Å². The van der Waals surface area contributed by atoms with Gasteiger partial charge in [0, 0.05) is 7.05 Å². The third-order valence-electron chi connectivity index (χ3n) is 1.25. The van der Waals surface area contributed by atoms with Crippen molar-refractivity contribution in [2.75, 3.05) is 7.05 Å². The second-order valence-corrected chi connectivity index (χ2v) is 2.35. The highest BCUT2D eigenvalue weighted by Crippen LogP contribution is 2.19. The molecule has 1 atom stereocenters. The van der Waals surface area contributed by atoms with Gasteiger partial charge < -0.3 is 10.6 Å². The number of rotatable bonds is 0. The summed E-state index contributed by atoms with van der Waals surface area (Å²) in [4.78, 5) is 4.97. The van der Waals surface area contributed by atoms with E-state index < -0.39 is 12.0 Å². The van der Waals surface area contributed by atoms with Crippen LogP contribution in [-0.2, 0) is 0 Å². The van der Waals surface area contributed by atoms with Gasteiger partial charge in [-0.1, -0.05) is 11.6 Å². The van der Waals surface area contributed by atoms with E-state index in [4.69, 9.17) is 17.3 Å². The van der Waals surface area contributed by atoms with Gasteiger partial charge in [-0.25, -0.2) is 9.38 Å². The summed E-state index contributed by atoms with van der Waals surface area (Å²) in [5, 5.41) is -0.161. The first-order valence-electron chi connectivity index (χ1n) is 2.70. The molecule has 1 rings (SSSR count). The largest absolute Gasteiger partial charge is 0.344 e. The highest BCUT2D eigenvalue weighted by atomic mass is 35.5. The molecule has 1 aliphatic rings. The number of hydrogen-bond acceptors (Lipinski definition) is 3. The molecular formula is C5H7ClFN3. The van der Waals surface area contributed by atoms with Crippen LogP contribution in [-0.4, -0.2) is 24.5 Å². The minimum atomic E-state index is -0.787. The number of nitrogens with two attached hydrogens (primary N) is 1. The van der Waals surface area contributed by atoms with Gasteiger partial charge in [0.05, 0.1) is 6.34 Å². The zero-order valence-electron chi connectivity index (χ0n) is 5.38. The van der Waals surface area contributed by atoms with E-state index in [1.54, 1.807) is 7.05 Å². The van der Waals surface area contributed by atoms with Crippen LogP contribution in [0.1, 0.15) is 0 Å². The van der Waals surface area contributed by atoms with E-state index >= 15 is 0 Å². The van der Waals surface area contributed by atoms with Crippen molar-refractivity contribution in [2.45, 2.75) is 6.17 Å². The molecule has 5 heteroatoms. The fourth-order valence-corrected chi connectivity index (χ4v) is 0.731. The van der Waals surface area contributed by atoms with Gasteiger partial charge in [-0.2, -0.15) is 0 Å². The Balaban J connectivity index is 2.88. The third kappa shape index (κ3) is 1.12. The number of nitrogens with zero attached hydrogens (tertiary/aromatic N) is 2. The molecule has 1 unspecified atom stereocenters. The zero-order valence-corrected chi connectivity index (χ0v) is 6.14. The first kappa shape index (κ1) is 7.50. The Bertz CT molecular complexity index is 201. The maximum absolute atomic E-state index is 12.7.